The van der Waals surface area contributed by atoms with E-state index in [0.717, 1.165) is 19.6 Å². The molecule has 0 amide bonds. The predicted molar refractivity (Wildman–Crippen MR) is 103 cm³/mol. The quantitative estimate of drug-likeness (QED) is 0.579. The van der Waals surface area contributed by atoms with Crippen LogP contribution in [0, 0.1) is 0 Å². The Morgan fingerprint density at radius 3 is 2.67 bits per heavy atom. The Labute approximate surface area is 145 Å². The van der Waals surface area contributed by atoms with Crippen LogP contribution in [0.4, 0.5) is 5.69 Å². The smallest absolute Gasteiger partial charge is 0.0587 e. The van der Waals surface area contributed by atoms with Crippen molar-refractivity contribution < 1.29 is 4.74 Å². The van der Waals surface area contributed by atoms with Gasteiger partial charge in [-0.3, -0.25) is 0 Å². The van der Waals surface area contributed by atoms with Gasteiger partial charge in [0.2, 0.25) is 0 Å². The Bertz CT molecular complexity index is 677. The maximum atomic E-state index is 5.15. The molecule has 2 aromatic rings. The van der Waals surface area contributed by atoms with Crippen LogP contribution in [0.1, 0.15) is 30.9 Å². The van der Waals surface area contributed by atoms with E-state index in [9.17, 15) is 0 Å². The molecule has 128 valence electrons. The van der Waals surface area contributed by atoms with Crippen LogP contribution in [0.15, 0.2) is 49.1 Å². The van der Waals surface area contributed by atoms with Crippen LogP contribution in [0.3, 0.4) is 0 Å². The summed E-state index contributed by atoms with van der Waals surface area (Å²) in [6, 6.07) is 13.9. The molecule has 3 nitrogen and oxygen atoms in total. The lowest BCUT2D eigenvalue weighted by Crippen LogP contribution is -2.24. The summed E-state index contributed by atoms with van der Waals surface area (Å²) < 4.78 is 5.15. The van der Waals surface area contributed by atoms with Crippen LogP contribution in [0.2, 0.25) is 0 Å². The topological polar surface area (TPSA) is 24.5 Å². The maximum absolute atomic E-state index is 5.15. The molecule has 2 aromatic carbocycles. The van der Waals surface area contributed by atoms with Crippen molar-refractivity contribution in [2.45, 2.75) is 25.3 Å². The van der Waals surface area contributed by atoms with Crippen molar-refractivity contribution in [1.29, 1.82) is 0 Å². The van der Waals surface area contributed by atoms with Crippen molar-refractivity contribution >= 4 is 16.5 Å². The molecule has 24 heavy (non-hydrogen) atoms. The molecule has 0 aliphatic carbocycles. The Morgan fingerprint density at radius 2 is 1.92 bits per heavy atom. The van der Waals surface area contributed by atoms with Gasteiger partial charge in [-0.15, -0.1) is 6.58 Å². The molecule has 0 radical (unpaired) electrons. The number of ether oxygens (including phenoxy) is 1. The number of benzene rings is 2. The first-order valence-corrected chi connectivity index (χ1v) is 8.93. The summed E-state index contributed by atoms with van der Waals surface area (Å²) in [6.45, 7) is 7.84. The highest BCUT2D eigenvalue weighted by Crippen LogP contribution is 2.28. The molecule has 1 heterocycles. The zero-order valence-electron chi connectivity index (χ0n) is 14.6. The molecule has 3 rings (SSSR count). The van der Waals surface area contributed by atoms with Crippen molar-refractivity contribution in [2.24, 2.45) is 0 Å². The summed E-state index contributed by atoms with van der Waals surface area (Å²) >= 11 is 0. The molecule has 1 N–H and O–H groups in total. The van der Waals surface area contributed by atoms with Gasteiger partial charge in [0.05, 0.1) is 6.61 Å². The molecule has 1 atom stereocenters. The molecule has 0 bridgehead atoms. The summed E-state index contributed by atoms with van der Waals surface area (Å²) in [7, 11) is 1.73. The van der Waals surface area contributed by atoms with Gasteiger partial charge in [0.1, 0.15) is 0 Å². The number of anilines is 1. The molecular weight excluding hydrogens is 296 g/mol. The number of hydrogen-bond acceptors (Lipinski definition) is 3. The van der Waals surface area contributed by atoms with E-state index in [1.54, 1.807) is 7.11 Å². The second kappa shape index (κ2) is 8.32. The molecule has 1 aliphatic heterocycles. The fraction of sp³-hybridized carbons (Fsp3) is 0.429. The second-order valence-corrected chi connectivity index (χ2v) is 6.51. The zero-order valence-corrected chi connectivity index (χ0v) is 14.6. The standard InChI is InChI=1S/C21H28N2O/c1-3-6-21(22-11-14-24-2)19-8-7-18-16-20(10-9-17(18)15-19)23-12-4-5-13-23/h3,7-10,15-16,21-22H,1,4-6,11-14H2,2H3. The van der Waals surface area contributed by atoms with Crippen LogP contribution in [-0.4, -0.2) is 33.4 Å². The van der Waals surface area contributed by atoms with E-state index in [4.69, 9.17) is 4.74 Å². The first-order valence-electron chi connectivity index (χ1n) is 8.93. The summed E-state index contributed by atoms with van der Waals surface area (Å²) in [4.78, 5) is 2.49. The minimum Gasteiger partial charge on any atom is -0.383 e. The van der Waals surface area contributed by atoms with E-state index >= 15 is 0 Å². The van der Waals surface area contributed by atoms with Crippen LogP contribution in [0.5, 0.6) is 0 Å². The molecule has 1 fully saturated rings. The third kappa shape index (κ3) is 3.97. The van der Waals surface area contributed by atoms with Crippen molar-refractivity contribution in [1.82, 2.24) is 5.32 Å². The Kier molecular flexibility index (Phi) is 5.89. The van der Waals surface area contributed by atoms with Crippen LogP contribution >= 0.6 is 0 Å². The van der Waals surface area contributed by atoms with Crippen molar-refractivity contribution in [2.75, 3.05) is 38.3 Å². The predicted octanol–water partition coefficient (Wildman–Crippen LogP) is 4.29. The van der Waals surface area contributed by atoms with Gasteiger partial charge in [-0.05, 0) is 53.8 Å². The molecular formula is C21H28N2O. The Hall–Kier alpha value is -1.84. The van der Waals surface area contributed by atoms with E-state index in [1.807, 2.05) is 6.08 Å². The first-order chi connectivity index (χ1) is 11.8. The number of nitrogens with zero attached hydrogens (tertiary/aromatic N) is 1. The first kappa shape index (κ1) is 17.0. The van der Waals surface area contributed by atoms with Gasteiger partial charge in [0.25, 0.3) is 0 Å². The fourth-order valence-electron chi connectivity index (χ4n) is 3.48. The van der Waals surface area contributed by atoms with Gasteiger partial charge in [0.15, 0.2) is 0 Å². The summed E-state index contributed by atoms with van der Waals surface area (Å²) in [5.74, 6) is 0. The largest absolute Gasteiger partial charge is 0.383 e. The highest BCUT2D eigenvalue weighted by molar-refractivity contribution is 5.86. The zero-order chi connectivity index (χ0) is 16.8. The lowest BCUT2D eigenvalue weighted by molar-refractivity contribution is 0.196. The molecule has 0 spiro atoms. The minimum atomic E-state index is 0.292. The Balaban J connectivity index is 1.81. The normalized spacial score (nSPS) is 15.8. The average molecular weight is 324 g/mol. The number of hydrogen-bond donors (Lipinski definition) is 1. The number of fused-ring (bicyclic) bond motifs is 1. The fourth-order valence-corrected chi connectivity index (χ4v) is 3.48. The number of nitrogens with one attached hydrogen (secondary N) is 1. The lowest BCUT2D eigenvalue weighted by Gasteiger charge is -2.20. The average Bonchev–Trinajstić information content (AvgIpc) is 3.15. The highest BCUT2D eigenvalue weighted by atomic mass is 16.5. The summed E-state index contributed by atoms with van der Waals surface area (Å²) in [5.41, 5.74) is 2.67. The van der Waals surface area contributed by atoms with Gasteiger partial charge >= 0.3 is 0 Å². The highest BCUT2D eigenvalue weighted by Gasteiger charge is 2.13. The number of methoxy groups -OCH3 is 1. The maximum Gasteiger partial charge on any atom is 0.0587 e. The molecule has 1 unspecified atom stereocenters. The Morgan fingerprint density at radius 1 is 1.17 bits per heavy atom. The van der Waals surface area contributed by atoms with Gasteiger partial charge in [-0.2, -0.15) is 0 Å². The van der Waals surface area contributed by atoms with Gasteiger partial charge in [-0.1, -0.05) is 24.3 Å². The summed E-state index contributed by atoms with van der Waals surface area (Å²) in [6.07, 6.45) is 5.52. The monoisotopic (exact) mass is 324 g/mol. The third-order valence-corrected chi connectivity index (χ3v) is 4.82. The van der Waals surface area contributed by atoms with Crippen molar-refractivity contribution in [3.05, 3.63) is 54.6 Å². The molecule has 1 saturated heterocycles. The lowest BCUT2D eigenvalue weighted by atomic mass is 9.99. The van der Waals surface area contributed by atoms with E-state index in [0.29, 0.717) is 6.04 Å². The molecule has 3 heteroatoms. The SMILES string of the molecule is C=CCC(NCCOC)c1ccc2cc(N3CCCC3)ccc2c1. The molecule has 0 aromatic heterocycles. The van der Waals surface area contributed by atoms with Crippen LogP contribution < -0.4 is 10.2 Å². The third-order valence-electron chi connectivity index (χ3n) is 4.82. The van der Waals surface area contributed by atoms with E-state index in [-0.39, 0.29) is 0 Å². The number of rotatable bonds is 8. The van der Waals surface area contributed by atoms with Crippen molar-refractivity contribution in [3.63, 3.8) is 0 Å². The second-order valence-electron chi connectivity index (χ2n) is 6.51. The van der Waals surface area contributed by atoms with Crippen LogP contribution in [0.25, 0.3) is 10.8 Å². The van der Waals surface area contributed by atoms with E-state index in [1.165, 1.54) is 48.0 Å². The van der Waals surface area contributed by atoms with E-state index in [2.05, 4.69) is 53.2 Å². The van der Waals surface area contributed by atoms with Gasteiger partial charge < -0.3 is 15.0 Å². The minimum absolute atomic E-state index is 0.292. The molecule has 0 saturated carbocycles. The van der Waals surface area contributed by atoms with Gasteiger partial charge in [0, 0.05) is 38.5 Å². The van der Waals surface area contributed by atoms with Crippen molar-refractivity contribution in [3.8, 4) is 0 Å². The van der Waals surface area contributed by atoms with E-state index < -0.39 is 0 Å². The van der Waals surface area contributed by atoms with Gasteiger partial charge in [-0.25, -0.2) is 0 Å². The van der Waals surface area contributed by atoms with Crippen LogP contribution in [-0.2, 0) is 4.74 Å². The summed E-state index contributed by atoms with van der Waals surface area (Å²) in [5, 5.41) is 6.18. The molecule has 1 aliphatic rings.